The van der Waals surface area contributed by atoms with Gasteiger partial charge in [-0.3, -0.25) is 4.98 Å². The molecule has 0 bridgehead atoms. The Morgan fingerprint density at radius 1 is 1.40 bits per heavy atom. The van der Waals surface area contributed by atoms with Gasteiger partial charge in [0.1, 0.15) is 0 Å². The molecule has 1 aromatic heterocycles. The van der Waals surface area contributed by atoms with Gasteiger partial charge in [0.25, 0.3) is 0 Å². The van der Waals surface area contributed by atoms with E-state index in [2.05, 4.69) is 4.98 Å². The molecule has 10 heavy (non-hydrogen) atoms. The summed E-state index contributed by atoms with van der Waals surface area (Å²) in [5, 5.41) is 0. The number of hydrogen-bond donors (Lipinski definition) is 0. The van der Waals surface area contributed by atoms with Crippen molar-refractivity contribution in [1.29, 1.82) is 0 Å². The molecule has 0 atom stereocenters. The third-order valence-electron chi connectivity index (χ3n) is 1.25. The number of rotatable bonds is 1. The minimum absolute atomic E-state index is 1.03. The lowest BCUT2D eigenvalue weighted by Gasteiger charge is -1.92. The van der Waals surface area contributed by atoms with E-state index in [4.69, 9.17) is 0 Å². The summed E-state index contributed by atoms with van der Waals surface area (Å²) in [6.07, 6.45) is 3.98. The molecule has 0 unspecified atom stereocenters. The normalized spacial score (nSPS) is 10.6. The van der Waals surface area contributed by atoms with Crippen LogP contribution in [0.5, 0.6) is 0 Å². The van der Waals surface area contributed by atoms with Gasteiger partial charge < -0.3 is 0 Å². The van der Waals surface area contributed by atoms with E-state index in [1.165, 1.54) is 0 Å². The fourth-order valence-electron chi connectivity index (χ4n) is 0.828. The van der Waals surface area contributed by atoms with E-state index in [1.807, 2.05) is 44.2 Å². The Morgan fingerprint density at radius 2 is 2.20 bits per heavy atom. The van der Waals surface area contributed by atoms with Crippen molar-refractivity contribution < 1.29 is 0 Å². The molecular formula is C9H11N. The van der Waals surface area contributed by atoms with E-state index in [0.29, 0.717) is 0 Å². The molecule has 1 nitrogen and oxygen atoms in total. The molecule has 0 spiro atoms. The van der Waals surface area contributed by atoms with Crippen LogP contribution in [0.25, 0.3) is 6.08 Å². The largest absolute Gasteiger partial charge is 0.254 e. The van der Waals surface area contributed by atoms with Crippen molar-refractivity contribution >= 4 is 6.08 Å². The first-order valence-electron chi connectivity index (χ1n) is 3.39. The van der Waals surface area contributed by atoms with Crippen molar-refractivity contribution in [2.75, 3.05) is 0 Å². The van der Waals surface area contributed by atoms with Crippen molar-refractivity contribution in [3.8, 4) is 0 Å². The van der Waals surface area contributed by atoms with Gasteiger partial charge >= 0.3 is 0 Å². The molecule has 1 rings (SSSR count). The molecule has 0 aliphatic rings. The second kappa shape index (κ2) is 3.16. The van der Waals surface area contributed by atoms with Gasteiger partial charge in [0.2, 0.25) is 0 Å². The fraction of sp³-hybridized carbons (Fsp3) is 0.222. The van der Waals surface area contributed by atoms with Gasteiger partial charge in [-0.05, 0) is 32.1 Å². The zero-order chi connectivity index (χ0) is 7.40. The topological polar surface area (TPSA) is 12.9 Å². The Hall–Kier alpha value is -1.11. The molecule has 1 aromatic rings. The smallest absolute Gasteiger partial charge is 0.0629 e. The van der Waals surface area contributed by atoms with Crippen LogP contribution in [0, 0.1) is 6.92 Å². The van der Waals surface area contributed by atoms with Crippen LogP contribution in [0.2, 0.25) is 0 Å². The first kappa shape index (κ1) is 7.00. The van der Waals surface area contributed by atoms with Crippen LogP contribution in [0.3, 0.4) is 0 Å². The summed E-state index contributed by atoms with van der Waals surface area (Å²) >= 11 is 0. The van der Waals surface area contributed by atoms with Crippen LogP contribution in [-0.4, -0.2) is 4.98 Å². The Labute approximate surface area is 61.4 Å². The summed E-state index contributed by atoms with van der Waals surface area (Å²) < 4.78 is 0. The number of allylic oxidation sites excluding steroid dienone is 1. The minimum Gasteiger partial charge on any atom is -0.254 e. The van der Waals surface area contributed by atoms with Crippen LogP contribution < -0.4 is 0 Å². The van der Waals surface area contributed by atoms with E-state index in [9.17, 15) is 0 Å². The molecule has 0 radical (unpaired) electrons. The third-order valence-corrected chi connectivity index (χ3v) is 1.25. The van der Waals surface area contributed by atoms with E-state index < -0.39 is 0 Å². The molecule has 0 aliphatic carbocycles. The van der Waals surface area contributed by atoms with Gasteiger partial charge in [-0.2, -0.15) is 0 Å². The Balaban J connectivity index is 2.95. The maximum atomic E-state index is 4.28. The molecule has 0 aromatic carbocycles. The molecule has 1 heterocycles. The SMILES string of the molecule is CC=Cc1cccc(C)n1. The second-order valence-corrected chi connectivity index (χ2v) is 2.20. The molecule has 0 fully saturated rings. The van der Waals surface area contributed by atoms with Gasteiger partial charge in [-0.25, -0.2) is 0 Å². The van der Waals surface area contributed by atoms with E-state index in [1.54, 1.807) is 0 Å². The monoisotopic (exact) mass is 133 g/mol. The zero-order valence-electron chi connectivity index (χ0n) is 6.33. The predicted molar refractivity (Wildman–Crippen MR) is 43.7 cm³/mol. The zero-order valence-corrected chi connectivity index (χ0v) is 6.33. The van der Waals surface area contributed by atoms with E-state index >= 15 is 0 Å². The maximum Gasteiger partial charge on any atom is 0.0629 e. The van der Waals surface area contributed by atoms with Crippen molar-refractivity contribution in [2.45, 2.75) is 13.8 Å². The molecule has 0 amide bonds. The van der Waals surface area contributed by atoms with Crippen LogP contribution >= 0.6 is 0 Å². The number of hydrogen-bond acceptors (Lipinski definition) is 1. The maximum absolute atomic E-state index is 4.28. The molecule has 52 valence electrons. The Morgan fingerprint density at radius 3 is 2.80 bits per heavy atom. The van der Waals surface area contributed by atoms with E-state index in [0.717, 1.165) is 11.4 Å². The molecule has 0 saturated carbocycles. The summed E-state index contributed by atoms with van der Waals surface area (Å²) in [5.74, 6) is 0. The second-order valence-electron chi connectivity index (χ2n) is 2.20. The Kier molecular flexibility index (Phi) is 2.21. The molecule has 0 N–H and O–H groups in total. The lowest BCUT2D eigenvalue weighted by atomic mass is 10.3. The lowest BCUT2D eigenvalue weighted by Crippen LogP contribution is -1.82. The van der Waals surface area contributed by atoms with E-state index in [-0.39, 0.29) is 0 Å². The summed E-state index contributed by atoms with van der Waals surface area (Å²) in [6.45, 7) is 3.98. The first-order chi connectivity index (χ1) is 4.83. The van der Waals surface area contributed by atoms with Crippen molar-refractivity contribution in [3.63, 3.8) is 0 Å². The minimum atomic E-state index is 1.03. The highest BCUT2D eigenvalue weighted by atomic mass is 14.7. The summed E-state index contributed by atoms with van der Waals surface area (Å²) in [5.41, 5.74) is 2.10. The standard InChI is InChI=1S/C9H11N/c1-3-5-9-7-4-6-8(2)10-9/h3-7H,1-2H3. The lowest BCUT2D eigenvalue weighted by molar-refractivity contribution is 1.18. The van der Waals surface area contributed by atoms with Gasteiger partial charge in [-0.1, -0.05) is 12.1 Å². The number of aromatic nitrogens is 1. The third kappa shape index (κ3) is 1.69. The fourth-order valence-corrected chi connectivity index (χ4v) is 0.828. The molecule has 0 aliphatic heterocycles. The quantitative estimate of drug-likeness (QED) is 0.573. The van der Waals surface area contributed by atoms with Gasteiger partial charge in [0.15, 0.2) is 0 Å². The van der Waals surface area contributed by atoms with Crippen LogP contribution in [0.1, 0.15) is 18.3 Å². The van der Waals surface area contributed by atoms with Crippen molar-refractivity contribution in [1.82, 2.24) is 4.98 Å². The molecule has 0 saturated heterocycles. The van der Waals surface area contributed by atoms with Gasteiger partial charge in [-0.15, -0.1) is 0 Å². The number of aryl methyl sites for hydroxylation is 1. The highest BCUT2D eigenvalue weighted by Crippen LogP contribution is 1.99. The highest BCUT2D eigenvalue weighted by molar-refractivity contribution is 5.43. The predicted octanol–water partition coefficient (Wildman–Crippen LogP) is 2.42. The first-order valence-corrected chi connectivity index (χ1v) is 3.39. The van der Waals surface area contributed by atoms with Crippen LogP contribution in [0.4, 0.5) is 0 Å². The average Bonchev–Trinajstić information content (AvgIpc) is 1.88. The van der Waals surface area contributed by atoms with Gasteiger partial charge in [0, 0.05) is 5.69 Å². The Bertz CT molecular complexity index is 238. The van der Waals surface area contributed by atoms with Crippen molar-refractivity contribution in [2.24, 2.45) is 0 Å². The van der Waals surface area contributed by atoms with Crippen LogP contribution in [0.15, 0.2) is 24.3 Å². The van der Waals surface area contributed by atoms with Gasteiger partial charge in [0.05, 0.1) is 5.69 Å². The molecule has 1 heteroatoms. The van der Waals surface area contributed by atoms with Crippen molar-refractivity contribution in [3.05, 3.63) is 35.7 Å². The van der Waals surface area contributed by atoms with Crippen LogP contribution in [-0.2, 0) is 0 Å². The summed E-state index contributed by atoms with van der Waals surface area (Å²) in [4.78, 5) is 4.28. The summed E-state index contributed by atoms with van der Waals surface area (Å²) in [7, 11) is 0. The molecular weight excluding hydrogens is 122 g/mol. The highest BCUT2D eigenvalue weighted by Gasteiger charge is 1.85. The average molecular weight is 133 g/mol. The number of pyridine rings is 1. The summed E-state index contributed by atoms with van der Waals surface area (Å²) in [6, 6.07) is 6.00. The number of nitrogens with zero attached hydrogens (tertiary/aromatic N) is 1.